The SMILES string of the molecule is Cn1cc(-c2nc(C(=O)OCC(=O)N3CCCc4cc([N+](=O)[O-])ccc43)cs2)cn1. The van der Waals surface area contributed by atoms with Gasteiger partial charge < -0.3 is 9.64 Å². The van der Waals surface area contributed by atoms with E-state index in [1.54, 1.807) is 35.6 Å². The summed E-state index contributed by atoms with van der Waals surface area (Å²) in [5.74, 6) is -1.07. The minimum Gasteiger partial charge on any atom is -0.451 e. The summed E-state index contributed by atoms with van der Waals surface area (Å²) in [6, 6.07) is 4.41. The topological polar surface area (TPSA) is 120 Å². The molecule has 11 heteroatoms. The fraction of sp³-hybridized carbons (Fsp3) is 0.263. The molecule has 0 fully saturated rings. The number of esters is 1. The number of carbonyl (C=O) groups is 2. The van der Waals surface area contributed by atoms with E-state index in [1.165, 1.54) is 28.4 Å². The third kappa shape index (κ3) is 3.92. The second-order valence-electron chi connectivity index (χ2n) is 6.74. The molecule has 0 unspecified atom stereocenters. The molecule has 1 amide bonds. The Balaban J connectivity index is 1.41. The number of thiazole rings is 1. The average molecular weight is 427 g/mol. The van der Waals surface area contributed by atoms with Crippen molar-refractivity contribution in [1.29, 1.82) is 0 Å². The number of fused-ring (bicyclic) bond motifs is 1. The molecule has 154 valence electrons. The molecule has 0 aliphatic carbocycles. The van der Waals surface area contributed by atoms with E-state index in [0.29, 0.717) is 30.1 Å². The molecule has 10 nitrogen and oxygen atoms in total. The molecule has 3 aromatic rings. The van der Waals surface area contributed by atoms with Crippen LogP contribution in [-0.4, -0.2) is 44.7 Å². The number of amides is 1. The molecule has 1 aliphatic rings. The van der Waals surface area contributed by atoms with Crippen LogP contribution in [0.4, 0.5) is 11.4 Å². The zero-order valence-corrected chi connectivity index (χ0v) is 16.8. The predicted molar refractivity (Wildman–Crippen MR) is 108 cm³/mol. The maximum atomic E-state index is 12.6. The van der Waals surface area contributed by atoms with Gasteiger partial charge in [0.25, 0.3) is 11.6 Å². The van der Waals surface area contributed by atoms with Gasteiger partial charge in [-0.3, -0.25) is 19.6 Å². The van der Waals surface area contributed by atoms with Crippen LogP contribution in [-0.2, 0) is 23.0 Å². The smallest absolute Gasteiger partial charge is 0.358 e. The van der Waals surface area contributed by atoms with Gasteiger partial charge in [0.15, 0.2) is 12.3 Å². The first-order valence-corrected chi connectivity index (χ1v) is 9.99. The highest BCUT2D eigenvalue weighted by Gasteiger charge is 2.25. The second kappa shape index (κ2) is 8.03. The quantitative estimate of drug-likeness (QED) is 0.349. The maximum absolute atomic E-state index is 12.6. The summed E-state index contributed by atoms with van der Waals surface area (Å²) in [4.78, 5) is 41.2. The van der Waals surface area contributed by atoms with Gasteiger partial charge in [-0.15, -0.1) is 11.3 Å². The van der Waals surface area contributed by atoms with E-state index in [4.69, 9.17) is 4.74 Å². The molecule has 0 saturated heterocycles. The number of carbonyl (C=O) groups excluding carboxylic acids is 2. The van der Waals surface area contributed by atoms with E-state index < -0.39 is 17.5 Å². The standard InChI is InChI=1S/C19H17N5O5S/c1-22-9-13(8-20-22)18-21-15(11-30-18)19(26)29-10-17(25)23-6-2-3-12-7-14(24(27)28)4-5-16(12)23/h4-5,7-9,11H,2-3,6,10H2,1H3. The summed E-state index contributed by atoms with van der Waals surface area (Å²) in [5, 5.41) is 17.2. The van der Waals surface area contributed by atoms with Crippen molar-refractivity contribution in [1.82, 2.24) is 14.8 Å². The summed E-state index contributed by atoms with van der Waals surface area (Å²) >= 11 is 1.29. The predicted octanol–water partition coefficient (Wildman–Crippen LogP) is 2.59. The van der Waals surface area contributed by atoms with E-state index in [-0.39, 0.29) is 17.3 Å². The van der Waals surface area contributed by atoms with E-state index >= 15 is 0 Å². The molecule has 30 heavy (non-hydrogen) atoms. The monoisotopic (exact) mass is 427 g/mol. The van der Waals surface area contributed by atoms with E-state index in [1.807, 2.05) is 0 Å². The van der Waals surface area contributed by atoms with Crippen molar-refractivity contribution in [3.63, 3.8) is 0 Å². The van der Waals surface area contributed by atoms with Crippen LogP contribution in [0, 0.1) is 10.1 Å². The van der Waals surface area contributed by atoms with Crippen LogP contribution in [0.3, 0.4) is 0 Å². The summed E-state index contributed by atoms with van der Waals surface area (Å²) in [7, 11) is 1.79. The van der Waals surface area contributed by atoms with Gasteiger partial charge in [0.1, 0.15) is 5.01 Å². The Morgan fingerprint density at radius 1 is 1.37 bits per heavy atom. The fourth-order valence-electron chi connectivity index (χ4n) is 3.27. The second-order valence-corrected chi connectivity index (χ2v) is 7.59. The summed E-state index contributed by atoms with van der Waals surface area (Å²) in [5.41, 5.74) is 2.25. The van der Waals surface area contributed by atoms with Crippen LogP contribution in [0.25, 0.3) is 10.6 Å². The lowest BCUT2D eigenvalue weighted by Crippen LogP contribution is -2.38. The third-order valence-electron chi connectivity index (χ3n) is 4.69. The third-order valence-corrected chi connectivity index (χ3v) is 5.58. The molecule has 1 aliphatic heterocycles. The Hall–Kier alpha value is -3.60. The zero-order chi connectivity index (χ0) is 21.3. The van der Waals surface area contributed by atoms with Gasteiger partial charge in [0, 0.05) is 48.6 Å². The lowest BCUT2D eigenvalue weighted by Gasteiger charge is -2.29. The average Bonchev–Trinajstić information content (AvgIpc) is 3.40. The summed E-state index contributed by atoms with van der Waals surface area (Å²) in [6.45, 7) is 0.0259. The van der Waals surface area contributed by atoms with Crippen molar-refractivity contribution in [2.45, 2.75) is 12.8 Å². The number of aryl methyl sites for hydroxylation is 2. The first-order chi connectivity index (χ1) is 14.4. The van der Waals surface area contributed by atoms with Crippen molar-refractivity contribution in [3.8, 4) is 10.6 Å². The van der Waals surface area contributed by atoms with Crippen molar-refractivity contribution >= 4 is 34.6 Å². The molecule has 1 aromatic carbocycles. The van der Waals surface area contributed by atoms with Gasteiger partial charge >= 0.3 is 5.97 Å². The number of anilines is 1. The van der Waals surface area contributed by atoms with Gasteiger partial charge in [-0.05, 0) is 24.5 Å². The summed E-state index contributed by atoms with van der Waals surface area (Å²) < 4.78 is 6.80. The molecule has 0 atom stereocenters. The highest BCUT2D eigenvalue weighted by molar-refractivity contribution is 7.13. The molecular weight excluding hydrogens is 410 g/mol. The van der Waals surface area contributed by atoms with Gasteiger partial charge in [-0.25, -0.2) is 9.78 Å². The van der Waals surface area contributed by atoms with Gasteiger partial charge in [0.05, 0.1) is 11.1 Å². The van der Waals surface area contributed by atoms with Crippen LogP contribution < -0.4 is 4.90 Å². The Morgan fingerprint density at radius 2 is 2.20 bits per heavy atom. The maximum Gasteiger partial charge on any atom is 0.358 e. The first kappa shape index (κ1) is 19.7. The summed E-state index contributed by atoms with van der Waals surface area (Å²) in [6.07, 6.45) is 4.76. The van der Waals surface area contributed by atoms with Gasteiger partial charge in [0.2, 0.25) is 0 Å². The van der Waals surface area contributed by atoms with Crippen LogP contribution in [0.5, 0.6) is 0 Å². The largest absolute Gasteiger partial charge is 0.451 e. The Labute approximate surface area is 174 Å². The van der Waals surface area contributed by atoms with Crippen molar-refractivity contribution in [2.24, 2.45) is 7.05 Å². The molecule has 3 heterocycles. The number of nitro benzene ring substituents is 1. The van der Waals surface area contributed by atoms with E-state index in [9.17, 15) is 19.7 Å². The molecule has 2 aromatic heterocycles. The molecule has 0 radical (unpaired) electrons. The van der Waals surface area contributed by atoms with Gasteiger partial charge in [-0.2, -0.15) is 5.10 Å². The number of nitro groups is 1. The van der Waals surface area contributed by atoms with E-state index in [0.717, 1.165) is 11.1 Å². The van der Waals surface area contributed by atoms with Crippen molar-refractivity contribution < 1.29 is 19.2 Å². The van der Waals surface area contributed by atoms with Crippen LogP contribution >= 0.6 is 11.3 Å². The van der Waals surface area contributed by atoms with Crippen LogP contribution in [0.1, 0.15) is 22.5 Å². The van der Waals surface area contributed by atoms with Crippen LogP contribution in [0.15, 0.2) is 36.0 Å². The first-order valence-electron chi connectivity index (χ1n) is 9.12. The number of nitrogens with zero attached hydrogens (tertiary/aromatic N) is 5. The molecular formula is C19H17N5O5S. The fourth-order valence-corrected chi connectivity index (χ4v) is 4.03. The number of benzene rings is 1. The van der Waals surface area contributed by atoms with Crippen molar-refractivity contribution in [3.05, 3.63) is 57.3 Å². The van der Waals surface area contributed by atoms with Crippen molar-refractivity contribution in [2.75, 3.05) is 18.1 Å². The Morgan fingerprint density at radius 3 is 2.93 bits per heavy atom. The lowest BCUT2D eigenvalue weighted by atomic mass is 10.0. The minimum atomic E-state index is -0.685. The van der Waals surface area contributed by atoms with Gasteiger partial charge in [-0.1, -0.05) is 0 Å². The Bertz CT molecular complexity index is 1140. The minimum absolute atomic E-state index is 0.0116. The number of aromatic nitrogens is 3. The lowest BCUT2D eigenvalue weighted by molar-refractivity contribution is -0.384. The molecule has 0 spiro atoms. The number of hydrogen-bond acceptors (Lipinski definition) is 8. The molecule has 0 N–H and O–H groups in total. The molecule has 0 saturated carbocycles. The molecule has 4 rings (SSSR count). The molecule has 0 bridgehead atoms. The highest BCUT2D eigenvalue weighted by Crippen LogP contribution is 2.30. The number of non-ortho nitro benzene ring substituents is 1. The number of hydrogen-bond donors (Lipinski definition) is 0. The van der Waals surface area contributed by atoms with Crippen LogP contribution in [0.2, 0.25) is 0 Å². The normalized spacial score (nSPS) is 13.0. The highest BCUT2D eigenvalue weighted by atomic mass is 32.1. The Kier molecular flexibility index (Phi) is 5.27. The number of ether oxygens (including phenoxy) is 1. The number of rotatable bonds is 5. The van der Waals surface area contributed by atoms with E-state index in [2.05, 4.69) is 10.1 Å². The zero-order valence-electron chi connectivity index (χ0n) is 16.0.